The highest BCUT2D eigenvalue weighted by Gasteiger charge is 2.33. The van der Waals surface area contributed by atoms with Crippen LogP contribution in [0.5, 0.6) is 0 Å². The van der Waals surface area contributed by atoms with Gasteiger partial charge in [0.15, 0.2) is 6.29 Å². The second kappa shape index (κ2) is 11.7. The predicted octanol–water partition coefficient (Wildman–Crippen LogP) is 6.05. The largest absolute Gasteiger partial charge is 0.353 e. The van der Waals surface area contributed by atoms with Crippen LogP contribution in [0.15, 0.2) is 85.5 Å². The minimum absolute atomic E-state index is 0.351. The standard InChI is InChI=1S/C27H23Cl3N6O/c1-27(16-36-12-11-32-17-36,23-10-7-21(29)14-24(23)30)35-26(33-22-8-5-20(28)6-9-22)34-25(37)19-4-2-3-18(13-19)15-31/h2-14,17,26,33,35H,16H2,1H3,(H,34,37). The molecule has 0 saturated carbocycles. The highest BCUT2D eigenvalue weighted by Crippen LogP contribution is 2.32. The molecule has 0 radical (unpaired) electrons. The highest BCUT2D eigenvalue weighted by atomic mass is 35.5. The second-order valence-electron chi connectivity index (χ2n) is 8.59. The Hall–Kier alpha value is -3.54. The number of carbonyl (C=O) groups excluding carboxylic acids is 1. The van der Waals surface area contributed by atoms with Crippen LogP contribution in [-0.2, 0) is 12.1 Å². The molecule has 0 spiro atoms. The molecule has 0 fully saturated rings. The van der Waals surface area contributed by atoms with E-state index in [4.69, 9.17) is 34.8 Å². The van der Waals surface area contributed by atoms with Crippen LogP contribution in [0, 0.1) is 11.3 Å². The van der Waals surface area contributed by atoms with Gasteiger partial charge in [0.1, 0.15) is 0 Å². The van der Waals surface area contributed by atoms with E-state index in [0.717, 1.165) is 11.3 Å². The van der Waals surface area contributed by atoms with Crippen molar-refractivity contribution in [3.05, 3.63) is 117 Å². The smallest absolute Gasteiger partial charge is 0.253 e. The van der Waals surface area contributed by atoms with E-state index in [9.17, 15) is 10.1 Å². The Morgan fingerprint density at radius 3 is 2.51 bits per heavy atom. The van der Waals surface area contributed by atoms with E-state index in [0.29, 0.717) is 32.7 Å². The molecular weight excluding hydrogens is 531 g/mol. The lowest BCUT2D eigenvalue weighted by atomic mass is 9.91. The van der Waals surface area contributed by atoms with E-state index < -0.39 is 11.8 Å². The summed E-state index contributed by atoms with van der Waals surface area (Å²) >= 11 is 18.9. The molecule has 3 N–H and O–H groups in total. The van der Waals surface area contributed by atoms with Gasteiger partial charge in [0.25, 0.3) is 5.91 Å². The number of carbonyl (C=O) groups is 1. The molecule has 0 saturated heterocycles. The molecule has 2 atom stereocenters. The van der Waals surface area contributed by atoms with Crippen LogP contribution in [0.3, 0.4) is 0 Å². The fourth-order valence-corrected chi connectivity index (χ4v) is 4.72. The van der Waals surface area contributed by atoms with Gasteiger partial charge in [-0.3, -0.25) is 10.1 Å². The maximum Gasteiger partial charge on any atom is 0.253 e. The summed E-state index contributed by atoms with van der Waals surface area (Å²) in [5.74, 6) is -0.372. The van der Waals surface area contributed by atoms with Crippen LogP contribution in [-0.4, -0.2) is 21.7 Å². The molecule has 0 aliphatic rings. The average Bonchev–Trinajstić information content (AvgIpc) is 3.38. The molecule has 188 valence electrons. The van der Waals surface area contributed by atoms with Crippen molar-refractivity contribution in [3.8, 4) is 6.07 Å². The van der Waals surface area contributed by atoms with Crippen molar-refractivity contribution < 1.29 is 4.79 Å². The number of halogens is 3. The lowest BCUT2D eigenvalue weighted by Gasteiger charge is -2.37. The molecule has 3 aromatic carbocycles. The van der Waals surface area contributed by atoms with Crippen LogP contribution in [0.1, 0.15) is 28.4 Å². The van der Waals surface area contributed by atoms with Gasteiger partial charge in [-0.15, -0.1) is 0 Å². The first-order valence-corrected chi connectivity index (χ1v) is 12.4. The van der Waals surface area contributed by atoms with Crippen molar-refractivity contribution in [1.29, 1.82) is 5.26 Å². The monoisotopic (exact) mass is 552 g/mol. The van der Waals surface area contributed by atoms with Crippen molar-refractivity contribution in [2.75, 3.05) is 5.32 Å². The first kappa shape index (κ1) is 26.5. The number of imidazole rings is 1. The number of hydrogen-bond donors (Lipinski definition) is 3. The van der Waals surface area contributed by atoms with E-state index in [2.05, 4.69) is 27.0 Å². The lowest BCUT2D eigenvalue weighted by Crippen LogP contribution is -2.58. The zero-order valence-electron chi connectivity index (χ0n) is 19.8. The minimum atomic E-state index is -0.797. The lowest BCUT2D eigenvalue weighted by molar-refractivity contribution is 0.0923. The molecule has 4 rings (SSSR count). The number of aromatic nitrogens is 2. The summed E-state index contributed by atoms with van der Waals surface area (Å²) in [5, 5.41) is 20.6. The van der Waals surface area contributed by atoms with Crippen molar-refractivity contribution in [3.63, 3.8) is 0 Å². The maximum absolute atomic E-state index is 13.2. The molecule has 0 aliphatic carbocycles. The summed E-state index contributed by atoms with van der Waals surface area (Å²) in [7, 11) is 0. The van der Waals surface area contributed by atoms with Crippen LogP contribution in [0.2, 0.25) is 15.1 Å². The van der Waals surface area contributed by atoms with Gasteiger partial charge in [-0.1, -0.05) is 46.9 Å². The Morgan fingerprint density at radius 1 is 1.08 bits per heavy atom. The Kier molecular flexibility index (Phi) is 8.37. The molecule has 37 heavy (non-hydrogen) atoms. The third-order valence-corrected chi connectivity index (χ3v) is 6.53. The first-order valence-electron chi connectivity index (χ1n) is 11.3. The van der Waals surface area contributed by atoms with E-state index in [-0.39, 0.29) is 5.91 Å². The Balaban J connectivity index is 1.70. The summed E-state index contributed by atoms with van der Waals surface area (Å²) in [5.41, 5.74) is 1.44. The SMILES string of the molecule is CC(Cn1ccnc1)(NC(NC(=O)c1cccc(C#N)c1)Nc1ccc(Cl)cc1)c1ccc(Cl)cc1Cl. The summed E-state index contributed by atoms with van der Waals surface area (Å²) in [6.45, 7) is 2.41. The highest BCUT2D eigenvalue weighted by molar-refractivity contribution is 6.35. The van der Waals surface area contributed by atoms with Crippen LogP contribution in [0.25, 0.3) is 0 Å². The number of rotatable bonds is 9. The predicted molar refractivity (Wildman–Crippen MR) is 147 cm³/mol. The summed E-state index contributed by atoms with van der Waals surface area (Å²) in [6, 6.07) is 21.0. The van der Waals surface area contributed by atoms with Crippen molar-refractivity contribution in [2.24, 2.45) is 0 Å². The van der Waals surface area contributed by atoms with Crippen LogP contribution in [0.4, 0.5) is 5.69 Å². The molecule has 1 amide bonds. The third kappa shape index (κ3) is 6.82. The fourth-order valence-electron chi connectivity index (χ4n) is 3.97. The fraction of sp³-hybridized carbons (Fsp3) is 0.148. The minimum Gasteiger partial charge on any atom is -0.353 e. The Bertz CT molecular complexity index is 1420. The first-order chi connectivity index (χ1) is 17.8. The van der Waals surface area contributed by atoms with Crippen molar-refractivity contribution in [1.82, 2.24) is 20.2 Å². The van der Waals surface area contributed by atoms with Gasteiger partial charge >= 0.3 is 0 Å². The summed E-state index contributed by atoms with van der Waals surface area (Å²) in [4.78, 5) is 17.4. The zero-order valence-corrected chi connectivity index (χ0v) is 22.0. The third-order valence-electron chi connectivity index (χ3n) is 5.73. The van der Waals surface area contributed by atoms with E-state index in [1.807, 2.05) is 35.9 Å². The molecular formula is C27H23Cl3N6O. The van der Waals surface area contributed by atoms with Crippen molar-refractivity contribution >= 4 is 46.4 Å². The zero-order chi connectivity index (χ0) is 26.4. The number of nitrogens with one attached hydrogen (secondary N) is 3. The Morgan fingerprint density at radius 2 is 1.84 bits per heavy atom. The molecule has 1 heterocycles. The van der Waals surface area contributed by atoms with Gasteiger partial charge in [0.2, 0.25) is 0 Å². The summed E-state index contributed by atoms with van der Waals surface area (Å²) < 4.78 is 1.91. The number of nitriles is 1. The quantitative estimate of drug-likeness (QED) is 0.220. The van der Waals surface area contributed by atoms with Gasteiger partial charge in [0.05, 0.1) is 23.5 Å². The van der Waals surface area contributed by atoms with E-state index in [1.165, 1.54) is 6.07 Å². The summed E-state index contributed by atoms with van der Waals surface area (Å²) in [6.07, 6.45) is 4.48. The molecule has 7 nitrogen and oxygen atoms in total. The molecule has 10 heteroatoms. The number of anilines is 1. The molecule has 2 unspecified atom stereocenters. The van der Waals surface area contributed by atoms with Crippen LogP contribution >= 0.6 is 34.8 Å². The molecule has 1 aromatic heterocycles. The Labute approximate surface area is 230 Å². The second-order valence-corrected chi connectivity index (χ2v) is 9.87. The van der Waals surface area contributed by atoms with Crippen LogP contribution < -0.4 is 16.0 Å². The molecule has 0 bridgehead atoms. The normalized spacial score (nSPS) is 13.3. The van der Waals surface area contributed by atoms with Gasteiger partial charge in [-0.2, -0.15) is 5.26 Å². The van der Waals surface area contributed by atoms with Gasteiger partial charge < -0.3 is 15.2 Å². The number of benzene rings is 3. The van der Waals surface area contributed by atoms with Gasteiger partial charge in [0, 0.05) is 45.3 Å². The van der Waals surface area contributed by atoms with Gasteiger partial charge in [-0.05, 0) is 67.1 Å². The molecule has 4 aromatic rings. The van der Waals surface area contributed by atoms with Gasteiger partial charge in [-0.25, -0.2) is 4.98 Å². The maximum atomic E-state index is 13.2. The van der Waals surface area contributed by atoms with E-state index >= 15 is 0 Å². The number of hydrogen-bond acceptors (Lipinski definition) is 5. The van der Waals surface area contributed by atoms with Crippen molar-refractivity contribution in [2.45, 2.75) is 25.3 Å². The average molecular weight is 554 g/mol. The number of nitrogens with zero attached hydrogens (tertiary/aromatic N) is 3. The topological polar surface area (TPSA) is 94.8 Å². The van der Waals surface area contributed by atoms with E-state index in [1.54, 1.807) is 55.0 Å². The number of amides is 1. The molecule has 0 aliphatic heterocycles.